The molecule has 0 bridgehead atoms. The van der Waals surface area contributed by atoms with Crippen molar-refractivity contribution in [2.24, 2.45) is 0 Å². The van der Waals surface area contributed by atoms with E-state index in [1.807, 2.05) is 13.8 Å². The van der Waals surface area contributed by atoms with Crippen LogP contribution in [-0.4, -0.2) is 23.3 Å². The smallest absolute Gasteiger partial charge is 0.0744 e. The van der Waals surface area contributed by atoms with Gasteiger partial charge in [0, 0.05) is 6.04 Å². The van der Waals surface area contributed by atoms with E-state index in [-0.39, 0.29) is 0 Å². The maximum atomic E-state index is 9.27. The molecule has 48 valence electrons. The molecule has 2 heteroatoms. The van der Waals surface area contributed by atoms with Crippen LogP contribution in [0.2, 0.25) is 0 Å². The summed E-state index contributed by atoms with van der Waals surface area (Å²) in [4.78, 5) is 0. The second-order valence-electron chi connectivity index (χ2n) is 2.95. The molecule has 1 fully saturated rings. The van der Waals surface area contributed by atoms with Gasteiger partial charge in [0.2, 0.25) is 0 Å². The maximum Gasteiger partial charge on any atom is 0.0744 e. The Labute approximate surface area is 49.9 Å². The first-order valence-electron chi connectivity index (χ1n) is 3.06. The predicted octanol–water partition coefficient (Wildman–Crippen LogP) is 0.119. The quantitative estimate of drug-likeness (QED) is 0.508. The van der Waals surface area contributed by atoms with Crippen LogP contribution in [0, 0.1) is 0 Å². The molecule has 0 aromatic heterocycles. The lowest BCUT2D eigenvalue weighted by Crippen LogP contribution is -2.55. The highest BCUT2D eigenvalue weighted by Gasteiger charge is 2.30. The van der Waals surface area contributed by atoms with Crippen LogP contribution < -0.4 is 5.32 Å². The van der Waals surface area contributed by atoms with Crippen molar-refractivity contribution in [3.63, 3.8) is 0 Å². The summed E-state index contributed by atoms with van der Waals surface area (Å²) in [5.74, 6) is 0. The first kappa shape index (κ1) is 6.05. The SMILES string of the molecule is CC(C)(O)[C@@H]1CCN1. The molecule has 0 aliphatic carbocycles. The third-order valence-electron chi connectivity index (χ3n) is 1.68. The van der Waals surface area contributed by atoms with Crippen LogP contribution in [0.4, 0.5) is 0 Å². The molecule has 1 atom stereocenters. The van der Waals surface area contributed by atoms with E-state index >= 15 is 0 Å². The monoisotopic (exact) mass is 115 g/mol. The fourth-order valence-corrected chi connectivity index (χ4v) is 0.892. The van der Waals surface area contributed by atoms with E-state index in [0.717, 1.165) is 13.0 Å². The Morgan fingerprint density at radius 3 is 2.12 bits per heavy atom. The lowest BCUT2D eigenvalue weighted by atomic mass is 9.91. The summed E-state index contributed by atoms with van der Waals surface area (Å²) in [5, 5.41) is 12.4. The number of nitrogens with one attached hydrogen (secondary N) is 1. The van der Waals surface area contributed by atoms with Gasteiger partial charge in [-0.1, -0.05) is 0 Å². The van der Waals surface area contributed by atoms with Gasteiger partial charge >= 0.3 is 0 Å². The van der Waals surface area contributed by atoms with Crippen LogP contribution in [0.15, 0.2) is 0 Å². The fraction of sp³-hybridized carbons (Fsp3) is 1.00. The molecule has 0 amide bonds. The lowest BCUT2D eigenvalue weighted by Gasteiger charge is -2.37. The van der Waals surface area contributed by atoms with Crippen molar-refractivity contribution >= 4 is 0 Å². The molecule has 1 aliphatic heterocycles. The largest absolute Gasteiger partial charge is 0.389 e. The van der Waals surface area contributed by atoms with E-state index in [0.29, 0.717) is 6.04 Å². The molecule has 0 radical (unpaired) electrons. The minimum Gasteiger partial charge on any atom is -0.389 e. The summed E-state index contributed by atoms with van der Waals surface area (Å²) in [7, 11) is 0. The Hall–Kier alpha value is -0.0800. The highest BCUT2D eigenvalue weighted by atomic mass is 16.3. The van der Waals surface area contributed by atoms with Crippen molar-refractivity contribution in [2.75, 3.05) is 6.54 Å². The summed E-state index contributed by atoms with van der Waals surface area (Å²) in [5.41, 5.74) is -0.516. The second-order valence-corrected chi connectivity index (χ2v) is 2.95. The molecule has 0 saturated carbocycles. The van der Waals surface area contributed by atoms with Crippen molar-refractivity contribution < 1.29 is 5.11 Å². The summed E-state index contributed by atoms with van der Waals surface area (Å²) in [6.45, 7) is 4.74. The molecule has 0 aromatic rings. The average molecular weight is 115 g/mol. The van der Waals surface area contributed by atoms with Gasteiger partial charge in [0.1, 0.15) is 0 Å². The Bertz CT molecular complexity index is 81.0. The van der Waals surface area contributed by atoms with Gasteiger partial charge in [-0.2, -0.15) is 0 Å². The predicted molar refractivity (Wildman–Crippen MR) is 32.7 cm³/mol. The highest BCUT2D eigenvalue weighted by Crippen LogP contribution is 2.16. The molecule has 1 rings (SSSR count). The van der Waals surface area contributed by atoms with Gasteiger partial charge in [0.15, 0.2) is 0 Å². The van der Waals surface area contributed by atoms with Gasteiger partial charge in [-0.05, 0) is 26.8 Å². The van der Waals surface area contributed by atoms with Crippen molar-refractivity contribution in [2.45, 2.75) is 31.9 Å². The van der Waals surface area contributed by atoms with Crippen molar-refractivity contribution in [1.82, 2.24) is 5.32 Å². The van der Waals surface area contributed by atoms with Crippen molar-refractivity contribution in [1.29, 1.82) is 0 Å². The Kier molecular flexibility index (Phi) is 1.29. The molecule has 8 heavy (non-hydrogen) atoms. The molecule has 0 spiro atoms. The van der Waals surface area contributed by atoms with Gasteiger partial charge in [0.25, 0.3) is 0 Å². The molecule has 2 N–H and O–H groups in total. The van der Waals surface area contributed by atoms with Gasteiger partial charge < -0.3 is 10.4 Å². The van der Waals surface area contributed by atoms with Crippen LogP contribution in [0.3, 0.4) is 0 Å². The fourth-order valence-electron chi connectivity index (χ4n) is 0.892. The molecule has 0 unspecified atom stereocenters. The van der Waals surface area contributed by atoms with E-state index in [2.05, 4.69) is 5.32 Å². The Balaban J connectivity index is 2.34. The van der Waals surface area contributed by atoms with Crippen molar-refractivity contribution in [3.05, 3.63) is 0 Å². The van der Waals surface area contributed by atoms with Gasteiger partial charge in [-0.3, -0.25) is 0 Å². The molecular weight excluding hydrogens is 102 g/mol. The third kappa shape index (κ3) is 1.01. The minimum atomic E-state index is -0.516. The standard InChI is InChI=1S/C6H13NO/c1-6(2,8)5-3-4-7-5/h5,7-8H,3-4H2,1-2H3/t5-/m0/s1. The van der Waals surface area contributed by atoms with E-state index < -0.39 is 5.60 Å². The zero-order chi connectivity index (χ0) is 6.20. The average Bonchev–Trinajstić information content (AvgIpc) is 1.16. The van der Waals surface area contributed by atoms with E-state index in [1.54, 1.807) is 0 Å². The van der Waals surface area contributed by atoms with Crippen LogP contribution in [0.5, 0.6) is 0 Å². The molecule has 1 aliphatic rings. The summed E-state index contributed by atoms with van der Waals surface area (Å²) < 4.78 is 0. The highest BCUT2D eigenvalue weighted by molar-refractivity contribution is 4.90. The van der Waals surface area contributed by atoms with Gasteiger partial charge in [0.05, 0.1) is 5.60 Å². The summed E-state index contributed by atoms with van der Waals surface area (Å²) in [6.07, 6.45) is 1.11. The molecule has 1 saturated heterocycles. The Morgan fingerprint density at radius 1 is 1.62 bits per heavy atom. The Morgan fingerprint density at radius 2 is 2.12 bits per heavy atom. The normalized spacial score (nSPS) is 29.6. The number of hydrogen-bond donors (Lipinski definition) is 2. The number of rotatable bonds is 1. The second kappa shape index (κ2) is 1.71. The first-order valence-corrected chi connectivity index (χ1v) is 3.06. The van der Waals surface area contributed by atoms with Crippen LogP contribution in [0.1, 0.15) is 20.3 Å². The summed E-state index contributed by atoms with van der Waals surface area (Å²) >= 11 is 0. The van der Waals surface area contributed by atoms with E-state index in [9.17, 15) is 5.11 Å². The van der Waals surface area contributed by atoms with Crippen LogP contribution >= 0.6 is 0 Å². The van der Waals surface area contributed by atoms with E-state index in [1.165, 1.54) is 0 Å². The maximum absolute atomic E-state index is 9.27. The first-order chi connectivity index (χ1) is 3.61. The zero-order valence-corrected chi connectivity index (χ0v) is 5.44. The number of aliphatic hydroxyl groups is 1. The van der Waals surface area contributed by atoms with Gasteiger partial charge in [-0.25, -0.2) is 0 Å². The van der Waals surface area contributed by atoms with Crippen molar-refractivity contribution in [3.8, 4) is 0 Å². The third-order valence-corrected chi connectivity index (χ3v) is 1.68. The summed E-state index contributed by atoms with van der Waals surface area (Å²) in [6, 6.07) is 0.336. The molecule has 1 heterocycles. The zero-order valence-electron chi connectivity index (χ0n) is 5.44. The number of hydrogen-bond acceptors (Lipinski definition) is 2. The van der Waals surface area contributed by atoms with E-state index in [4.69, 9.17) is 0 Å². The minimum absolute atomic E-state index is 0.336. The van der Waals surface area contributed by atoms with Crippen LogP contribution in [0.25, 0.3) is 0 Å². The van der Waals surface area contributed by atoms with Crippen LogP contribution in [-0.2, 0) is 0 Å². The topological polar surface area (TPSA) is 32.3 Å². The molecular formula is C6H13NO. The van der Waals surface area contributed by atoms with Gasteiger partial charge in [-0.15, -0.1) is 0 Å². The molecule has 0 aromatic carbocycles. The lowest BCUT2D eigenvalue weighted by molar-refractivity contribution is 0.0127. The molecule has 2 nitrogen and oxygen atoms in total.